The van der Waals surface area contributed by atoms with Gasteiger partial charge in [0.05, 0.1) is 0 Å². The van der Waals surface area contributed by atoms with E-state index in [9.17, 15) is 0 Å². The molecule has 1 atom stereocenters. The van der Waals surface area contributed by atoms with E-state index in [0.717, 1.165) is 13.1 Å². The Morgan fingerprint density at radius 1 is 1.20 bits per heavy atom. The molecule has 2 rings (SSSR count). The molecule has 1 unspecified atom stereocenters. The predicted octanol–water partition coefficient (Wildman–Crippen LogP) is 2.88. The minimum atomic E-state index is 0.369. The highest BCUT2D eigenvalue weighted by molar-refractivity contribution is 5.31. The zero-order valence-corrected chi connectivity index (χ0v) is 10.0. The van der Waals surface area contributed by atoms with Crippen LogP contribution in [0.15, 0.2) is 24.3 Å². The second kappa shape index (κ2) is 3.97. The second-order valence-electron chi connectivity index (χ2n) is 5.10. The number of benzene rings is 1. The van der Waals surface area contributed by atoms with Gasteiger partial charge in [0.2, 0.25) is 0 Å². The normalized spacial score (nSPS) is 26.1. The van der Waals surface area contributed by atoms with E-state index in [2.05, 4.69) is 50.4 Å². The van der Waals surface area contributed by atoms with Crippen LogP contribution in [0.5, 0.6) is 0 Å². The minimum Gasteiger partial charge on any atom is -0.316 e. The summed E-state index contributed by atoms with van der Waals surface area (Å²) in [5, 5.41) is 3.51. The molecule has 0 saturated carbocycles. The van der Waals surface area contributed by atoms with Crippen LogP contribution in [0.25, 0.3) is 0 Å². The van der Waals surface area contributed by atoms with Gasteiger partial charge in [-0.15, -0.1) is 0 Å². The van der Waals surface area contributed by atoms with Crippen molar-refractivity contribution >= 4 is 0 Å². The Morgan fingerprint density at radius 2 is 1.87 bits per heavy atom. The highest BCUT2D eigenvalue weighted by Gasteiger charge is 2.38. The smallest absolute Gasteiger partial charge is 0.0113 e. The molecule has 1 saturated heterocycles. The van der Waals surface area contributed by atoms with Crippen molar-refractivity contribution in [2.75, 3.05) is 13.1 Å². The van der Waals surface area contributed by atoms with Gasteiger partial charge < -0.3 is 5.32 Å². The van der Waals surface area contributed by atoms with E-state index in [1.807, 2.05) is 0 Å². The molecule has 1 fully saturated rings. The van der Waals surface area contributed by atoms with Gasteiger partial charge in [0.25, 0.3) is 0 Å². The molecule has 0 spiro atoms. The highest BCUT2D eigenvalue weighted by atomic mass is 14.9. The van der Waals surface area contributed by atoms with E-state index in [1.54, 1.807) is 0 Å². The van der Waals surface area contributed by atoms with Crippen LogP contribution in [0.4, 0.5) is 0 Å². The Hall–Kier alpha value is -0.820. The third-order valence-corrected chi connectivity index (χ3v) is 3.92. The maximum atomic E-state index is 3.51. The summed E-state index contributed by atoms with van der Waals surface area (Å²) >= 11 is 0. The largest absolute Gasteiger partial charge is 0.316 e. The van der Waals surface area contributed by atoms with Gasteiger partial charge in [-0.25, -0.2) is 0 Å². The number of rotatable bonds is 2. The molecule has 1 aromatic rings. The Labute approximate surface area is 92.9 Å². The Morgan fingerprint density at radius 3 is 2.33 bits per heavy atom. The van der Waals surface area contributed by atoms with Crippen molar-refractivity contribution in [3.05, 3.63) is 35.4 Å². The van der Waals surface area contributed by atoms with E-state index in [0.29, 0.717) is 11.3 Å². The van der Waals surface area contributed by atoms with Crippen molar-refractivity contribution in [3.8, 4) is 0 Å². The molecule has 0 aromatic heterocycles. The van der Waals surface area contributed by atoms with Crippen molar-refractivity contribution in [3.63, 3.8) is 0 Å². The van der Waals surface area contributed by atoms with E-state index < -0.39 is 0 Å². The molecule has 0 bridgehead atoms. The standard InChI is InChI=1S/C14H21N/c1-11(2)14(8-9-15-10-14)13-6-4-12(3)5-7-13/h4-7,11,15H,8-10H2,1-3H3. The van der Waals surface area contributed by atoms with Gasteiger partial charge in [-0.1, -0.05) is 43.7 Å². The molecule has 0 amide bonds. The lowest BCUT2D eigenvalue weighted by Crippen LogP contribution is -2.34. The van der Waals surface area contributed by atoms with Crippen LogP contribution in [0.2, 0.25) is 0 Å². The maximum absolute atomic E-state index is 3.51. The fourth-order valence-corrected chi connectivity index (χ4v) is 2.67. The first-order valence-electron chi connectivity index (χ1n) is 5.93. The Balaban J connectivity index is 2.36. The molecule has 1 N–H and O–H groups in total. The van der Waals surface area contributed by atoms with E-state index in [4.69, 9.17) is 0 Å². The first kappa shape index (κ1) is 10.7. The van der Waals surface area contributed by atoms with Crippen molar-refractivity contribution in [1.82, 2.24) is 5.32 Å². The van der Waals surface area contributed by atoms with E-state index in [-0.39, 0.29) is 0 Å². The zero-order chi connectivity index (χ0) is 10.9. The average Bonchev–Trinajstić information content (AvgIpc) is 2.69. The van der Waals surface area contributed by atoms with Gasteiger partial charge >= 0.3 is 0 Å². The Bertz CT molecular complexity index is 318. The zero-order valence-electron chi connectivity index (χ0n) is 10.0. The molecule has 1 aliphatic rings. The molecule has 1 heteroatoms. The number of nitrogens with one attached hydrogen (secondary N) is 1. The number of aryl methyl sites for hydroxylation is 1. The molecular formula is C14H21N. The SMILES string of the molecule is Cc1ccc(C2(C(C)C)CCNC2)cc1. The van der Waals surface area contributed by atoms with Crippen LogP contribution >= 0.6 is 0 Å². The topological polar surface area (TPSA) is 12.0 Å². The van der Waals surface area contributed by atoms with Gasteiger partial charge in [0.1, 0.15) is 0 Å². The molecule has 1 aliphatic heterocycles. The summed E-state index contributed by atoms with van der Waals surface area (Å²) in [6.07, 6.45) is 1.27. The van der Waals surface area contributed by atoms with E-state index in [1.165, 1.54) is 17.5 Å². The van der Waals surface area contributed by atoms with Gasteiger partial charge in [-0.3, -0.25) is 0 Å². The minimum absolute atomic E-state index is 0.369. The lowest BCUT2D eigenvalue weighted by atomic mass is 9.71. The lowest BCUT2D eigenvalue weighted by Gasteiger charge is -2.33. The summed E-state index contributed by atoms with van der Waals surface area (Å²) in [5.41, 5.74) is 3.23. The molecule has 1 nitrogen and oxygen atoms in total. The van der Waals surface area contributed by atoms with E-state index >= 15 is 0 Å². The van der Waals surface area contributed by atoms with Crippen molar-refractivity contribution in [2.24, 2.45) is 5.92 Å². The predicted molar refractivity (Wildman–Crippen MR) is 65.2 cm³/mol. The van der Waals surface area contributed by atoms with Crippen LogP contribution in [0, 0.1) is 12.8 Å². The fraction of sp³-hybridized carbons (Fsp3) is 0.571. The molecule has 1 heterocycles. The lowest BCUT2D eigenvalue weighted by molar-refractivity contribution is 0.336. The van der Waals surface area contributed by atoms with Gasteiger partial charge in [0.15, 0.2) is 0 Å². The number of hydrogen-bond donors (Lipinski definition) is 1. The van der Waals surface area contributed by atoms with Crippen LogP contribution in [0.3, 0.4) is 0 Å². The van der Waals surface area contributed by atoms with Gasteiger partial charge in [0, 0.05) is 12.0 Å². The van der Waals surface area contributed by atoms with Crippen LogP contribution in [0.1, 0.15) is 31.4 Å². The molecule has 0 aliphatic carbocycles. The molecule has 82 valence electrons. The Kier molecular flexibility index (Phi) is 2.83. The first-order chi connectivity index (χ1) is 7.15. The number of hydrogen-bond acceptors (Lipinski definition) is 1. The van der Waals surface area contributed by atoms with Crippen LogP contribution < -0.4 is 5.32 Å². The summed E-state index contributed by atoms with van der Waals surface area (Å²) in [4.78, 5) is 0. The quantitative estimate of drug-likeness (QED) is 0.779. The molecule has 15 heavy (non-hydrogen) atoms. The maximum Gasteiger partial charge on any atom is 0.0113 e. The summed E-state index contributed by atoms with van der Waals surface area (Å²) in [5.74, 6) is 0.704. The monoisotopic (exact) mass is 203 g/mol. The summed E-state index contributed by atoms with van der Waals surface area (Å²) in [6, 6.07) is 9.08. The van der Waals surface area contributed by atoms with Gasteiger partial charge in [-0.2, -0.15) is 0 Å². The van der Waals surface area contributed by atoms with Crippen LogP contribution in [-0.4, -0.2) is 13.1 Å². The third-order valence-electron chi connectivity index (χ3n) is 3.92. The van der Waals surface area contributed by atoms with Crippen LogP contribution in [-0.2, 0) is 5.41 Å². The highest BCUT2D eigenvalue weighted by Crippen LogP contribution is 2.37. The fourth-order valence-electron chi connectivity index (χ4n) is 2.67. The first-order valence-corrected chi connectivity index (χ1v) is 5.93. The van der Waals surface area contributed by atoms with Crippen molar-refractivity contribution < 1.29 is 0 Å². The molecule has 0 radical (unpaired) electrons. The van der Waals surface area contributed by atoms with Crippen molar-refractivity contribution in [1.29, 1.82) is 0 Å². The summed E-state index contributed by atoms with van der Waals surface area (Å²) in [6.45, 7) is 9.12. The summed E-state index contributed by atoms with van der Waals surface area (Å²) in [7, 11) is 0. The molecular weight excluding hydrogens is 182 g/mol. The second-order valence-corrected chi connectivity index (χ2v) is 5.10. The average molecular weight is 203 g/mol. The van der Waals surface area contributed by atoms with Gasteiger partial charge in [-0.05, 0) is 31.4 Å². The third kappa shape index (κ3) is 1.81. The van der Waals surface area contributed by atoms with Crippen molar-refractivity contribution in [2.45, 2.75) is 32.6 Å². The molecule has 1 aromatic carbocycles. The summed E-state index contributed by atoms with van der Waals surface area (Å²) < 4.78 is 0.